The van der Waals surface area contributed by atoms with Crippen LogP contribution in [0.15, 0.2) is 82.7 Å². The van der Waals surface area contributed by atoms with Crippen LogP contribution < -0.4 is 19.1 Å². The first-order valence-electron chi connectivity index (χ1n) is 13.0. The smallest absolute Gasteiger partial charge is 0.301 e. The number of thioether (sulfide) groups is 1. The van der Waals surface area contributed by atoms with E-state index >= 15 is 0 Å². The second-order valence-electron chi connectivity index (χ2n) is 9.16. The fourth-order valence-corrected chi connectivity index (χ4v) is 6.53. The number of fused-ring (bicyclic) bond motifs is 1. The molecule has 1 aromatic heterocycles. The maximum Gasteiger partial charge on any atom is 0.301 e. The minimum atomic E-state index is -0.955. The van der Waals surface area contributed by atoms with Crippen molar-refractivity contribution in [1.29, 1.82) is 0 Å². The van der Waals surface area contributed by atoms with Crippen molar-refractivity contribution >= 4 is 45.7 Å². The summed E-state index contributed by atoms with van der Waals surface area (Å²) in [6.45, 7) is 3.11. The number of benzene rings is 3. The number of Topliss-reactive ketones (excluding diaryl/α,β-unsaturated/α-hetero) is 1. The zero-order valence-electron chi connectivity index (χ0n) is 22.0. The normalized spacial score (nSPS) is 17.6. The maximum atomic E-state index is 13.6. The molecule has 0 saturated carbocycles. The van der Waals surface area contributed by atoms with Crippen LogP contribution in [-0.4, -0.2) is 46.8 Å². The highest BCUT2D eigenvalue weighted by Gasteiger charge is 2.48. The van der Waals surface area contributed by atoms with Crippen molar-refractivity contribution in [2.24, 2.45) is 0 Å². The van der Waals surface area contributed by atoms with Gasteiger partial charge in [0.05, 0.1) is 18.2 Å². The number of aliphatic hydroxyl groups excluding tert-OH is 1. The van der Waals surface area contributed by atoms with Crippen LogP contribution in [-0.2, 0) is 15.3 Å². The molecule has 3 heterocycles. The van der Waals surface area contributed by atoms with Gasteiger partial charge in [0, 0.05) is 11.3 Å². The van der Waals surface area contributed by atoms with Crippen LogP contribution >= 0.6 is 23.1 Å². The van der Waals surface area contributed by atoms with Crippen molar-refractivity contribution in [3.63, 3.8) is 0 Å². The first-order valence-corrected chi connectivity index (χ1v) is 14.8. The molecule has 1 atom stereocenters. The van der Waals surface area contributed by atoms with E-state index in [0.29, 0.717) is 58.3 Å². The molecule has 6 rings (SSSR count). The molecule has 4 aromatic rings. The second kappa shape index (κ2) is 11.6. The molecular weight excluding hydrogens is 562 g/mol. The summed E-state index contributed by atoms with van der Waals surface area (Å²) in [5.41, 5.74) is 1.98. The molecule has 1 fully saturated rings. The fraction of sp³-hybridized carbons (Fsp3) is 0.200. The van der Waals surface area contributed by atoms with Gasteiger partial charge in [-0.25, -0.2) is 0 Å². The minimum absolute atomic E-state index is 0.0611. The van der Waals surface area contributed by atoms with Crippen molar-refractivity contribution in [2.75, 3.05) is 24.7 Å². The van der Waals surface area contributed by atoms with Gasteiger partial charge in [0.15, 0.2) is 15.8 Å². The van der Waals surface area contributed by atoms with Crippen LogP contribution in [0.4, 0.5) is 5.13 Å². The topological polar surface area (TPSA) is 111 Å². The molecular formula is C30H25N3O6S2. The summed E-state index contributed by atoms with van der Waals surface area (Å²) in [7, 11) is 0. The standard InChI is InChI=1S/C30H25N3O6S2/c1-2-37-21-10-6-9-19(15-21)25-24(26(34)20-11-12-22-23(16-20)39-14-13-38-22)27(35)28(36)33(25)29-31-32-30(41-29)40-17-18-7-4-3-5-8-18/h3-12,15-16,25,34H,2,13-14,17H2,1H3/b26-24+/t25-/m1/s1. The Labute approximate surface area is 244 Å². The number of carbonyl (C=O) groups is 2. The van der Waals surface area contributed by atoms with Gasteiger partial charge < -0.3 is 19.3 Å². The van der Waals surface area contributed by atoms with E-state index in [2.05, 4.69) is 10.2 Å². The van der Waals surface area contributed by atoms with Crippen molar-refractivity contribution in [3.8, 4) is 17.2 Å². The van der Waals surface area contributed by atoms with Gasteiger partial charge >= 0.3 is 5.91 Å². The number of ketones is 1. The Morgan fingerprint density at radius 3 is 2.63 bits per heavy atom. The van der Waals surface area contributed by atoms with E-state index < -0.39 is 17.7 Å². The molecule has 9 nitrogen and oxygen atoms in total. The predicted molar refractivity (Wildman–Crippen MR) is 156 cm³/mol. The van der Waals surface area contributed by atoms with Crippen LogP contribution in [0.1, 0.15) is 29.7 Å². The van der Waals surface area contributed by atoms with Gasteiger partial charge in [0.1, 0.15) is 24.7 Å². The lowest BCUT2D eigenvalue weighted by Crippen LogP contribution is -2.29. The number of hydrogen-bond donors (Lipinski definition) is 1. The Morgan fingerprint density at radius 1 is 1.02 bits per heavy atom. The highest BCUT2D eigenvalue weighted by atomic mass is 32.2. The molecule has 1 amide bonds. The zero-order valence-corrected chi connectivity index (χ0v) is 23.6. The molecule has 41 heavy (non-hydrogen) atoms. The molecule has 2 aliphatic rings. The fourth-order valence-electron chi connectivity index (χ4n) is 4.71. The number of aliphatic hydroxyl groups is 1. The summed E-state index contributed by atoms with van der Waals surface area (Å²) in [6, 6.07) is 21.0. The summed E-state index contributed by atoms with van der Waals surface area (Å²) < 4.78 is 17.6. The van der Waals surface area contributed by atoms with E-state index in [0.717, 1.165) is 5.56 Å². The van der Waals surface area contributed by atoms with E-state index in [1.54, 1.807) is 42.5 Å². The van der Waals surface area contributed by atoms with Gasteiger partial charge in [-0.2, -0.15) is 0 Å². The van der Waals surface area contributed by atoms with E-state index in [1.165, 1.54) is 28.0 Å². The highest BCUT2D eigenvalue weighted by molar-refractivity contribution is 8.00. The molecule has 11 heteroatoms. The number of rotatable bonds is 8. The summed E-state index contributed by atoms with van der Waals surface area (Å²) in [5.74, 6) is 0.309. The van der Waals surface area contributed by atoms with Gasteiger partial charge in [-0.05, 0) is 48.4 Å². The highest BCUT2D eigenvalue weighted by Crippen LogP contribution is 2.45. The molecule has 0 spiro atoms. The summed E-state index contributed by atoms with van der Waals surface area (Å²) in [6.07, 6.45) is 0. The Hall–Kier alpha value is -4.35. The molecule has 2 aliphatic heterocycles. The van der Waals surface area contributed by atoms with Crippen LogP contribution in [0, 0.1) is 0 Å². The van der Waals surface area contributed by atoms with Crippen molar-refractivity contribution in [3.05, 3.63) is 95.1 Å². The summed E-state index contributed by atoms with van der Waals surface area (Å²) in [5, 5.41) is 20.3. The van der Waals surface area contributed by atoms with Crippen molar-refractivity contribution in [1.82, 2.24) is 10.2 Å². The first kappa shape index (κ1) is 26.9. The average Bonchev–Trinajstić information content (AvgIpc) is 3.58. The molecule has 1 N–H and O–H groups in total. The first-order chi connectivity index (χ1) is 20.0. The molecule has 208 valence electrons. The number of amides is 1. The molecule has 0 aliphatic carbocycles. The molecule has 1 saturated heterocycles. The summed E-state index contributed by atoms with van der Waals surface area (Å²) in [4.78, 5) is 28.4. The van der Waals surface area contributed by atoms with Crippen LogP contribution in [0.2, 0.25) is 0 Å². The molecule has 0 radical (unpaired) electrons. The predicted octanol–water partition coefficient (Wildman–Crippen LogP) is 5.63. The third-order valence-electron chi connectivity index (χ3n) is 6.55. The van der Waals surface area contributed by atoms with Crippen molar-refractivity contribution < 1.29 is 28.9 Å². The number of ether oxygens (including phenoxy) is 3. The third-order valence-corrected chi connectivity index (χ3v) is 8.68. The van der Waals surface area contributed by atoms with Gasteiger partial charge in [0.2, 0.25) is 5.13 Å². The Kier molecular flexibility index (Phi) is 7.62. The lowest BCUT2D eigenvalue weighted by molar-refractivity contribution is -0.132. The lowest BCUT2D eigenvalue weighted by atomic mass is 9.95. The van der Waals surface area contributed by atoms with E-state index in [4.69, 9.17) is 14.2 Å². The van der Waals surface area contributed by atoms with Crippen LogP contribution in [0.3, 0.4) is 0 Å². The molecule has 3 aromatic carbocycles. The average molecular weight is 588 g/mol. The SMILES string of the molecule is CCOc1cccc([C@@H]2/C(=C(\O)c3ccc4c(c3)OCCO4)C(=O)C(=O)N2c2nnc(SCc3ccccc3)s2)c1. The molecule has 0 bridgehead atoms. The van der Waals surface area contributed by atoms with Gasteiger partial charge in [-0.1, -0.05) is 65.6 Å². The number of aromatic nitrogens is 2. The van der Waals surface area contributed by atoms with Gasteiger partial charge in [0.25, 0.3) is 5.78 Å². The Morgan fingerprint density at radius 2 is 1.83 bits per heavy atom. The Balaban J connectivity index is 1.41. The largest absolute Gasteiger partial charge is 0.507 e. The van der Waals surface area contributed by atoms with Gasteiger partial charge in [-0.15, -0.1) is 10.2 Å². The number of nitrogens with zero attached hydrogens (tertiary/aromatic N) is 3. The minimum Gasteiger partial charge on any atom is -0.507 e. The Bertz CT molecular complexity index is 1640. The molecule has 0 unspecified atom stereocenters. The van der Waals surface area contributed by atoms with Crippen LogP contribution in [0.5, 0.6) is 17.2 Å². The quantitative estimate of drug-likeness (QED) is 0.0922. The van der Waals surface area contributed by atoms with E-state index in [-0.39, 0.29) is 16.5 Å². The third kappa shape index (κ3) is 5.38. The van der Waals surface area contributed by atoms with E-state index in [9.17, 15) is 14.7 Å². The van der Waals surface area contributed by atoms with E-state index in [1.807, 2.05) is 37.3 Å². The number of hydrogen-bond acceptors (Lipinski definition) is 10. The second-order valence-corrected chi connectivity index (χ2v) is 11.3. The van der Waals surface area contributed by atoms with Gasteiger partial charge in [-0.3, -0.25) is 14.5 Å². The number of anilines is 1. The maximum absolute atomic E-state index is 13.6. The zero-order chi connectivity index (χ0) is 28.3. The van der Waals surface area contributed by atoms with Crippen LogP contribution in [0.25, 0.3) is 5.76 Å². The van der Waals surface area contributed by atoms with Crippen molar-refractivity contribution in [2.45, 2.75) is 23.1 Å². The lowest BCUT2D eigenvalue weighted by Gasteiger charge is -2.23. The summed E-state index contributed by atoms with van der Waals surface area (Å²) >= 11 is 2.71. The monoisotopic (exact) mass is 587 g/mol. The number of carbonyl (C=O) groups excluding carboxylic acids is 2.